The Morgan fingerprint density at radius 1 is 1.47 bits per heavy atom. The first kappa shape index (κ1) is 10.9. The number of nitrogens with one attached hydrogen (secondary N) is 1. The van der Waals surface area contributed by atoms with Crippen LogP contribution >= 0.6 is 0 Å². The van der Waals surface area contributed by atoms with E-state index in [1.54, 1.807) is 0 Å². The zero-order chi connectivity index (χ0) is 10.9. The van der Waals surface area contributed by atoms with Gasteiger partial charge in [0.2, 0.25) is 0 Å². The van der Waals surface area contributed by atoms with E-state index in [-0.39, 0.29) is 11.4 Å². The van der Waals surface area contributed by atoms with Crippen LogP contribution in [0.2, 0.25) is 0 Å². The van der Waals surface area contributed by atoms with Crippen LogP contribution in [-0.4, -0.2) is 26.2 Å². The van der Waals surface area contributed by atoms with Crippen molar-refractivity contribution in [1.82, 2.24) is 5.32 Å². The molecule has 0 aromatic heterocycles. The van der Waals surface area contributed by atoms with Crippen LogP contribution in [0, 0.1) is 11.3 Å². The van der Waals surface area contributed by atoms with Crippen molar-refractivity contribution in [3.05, 3.63) is 0 Å². The van der Waals surface area contributed by atoms with Crippen molar-refractivity contribution in [2.45, 2.75) is 44.6 Å². The molecule has 0 amide bonds. The third kappa shape index (κ3) is 1.89. The lowest BCUT2D eigenvalue weighted by Gasteiger charge is -2.46. The van der Waals surface area contributed by atoms with Crippen LogP contribution in [0.25, 0.3) is 0 Å². The number of hydrogen-bond acceptors (Lipinski definition) is 3. The summed E-state index contributed by atoms with van der Waals surface area (Å²) in [5.41, 5.74) is -0.163. The summed E-state index contributed by atoms with van der Waals surface area (Å²) in [4.78, 5) is 11.9. The number of methoxy groups -OCH3 is 1. The molecule has 2 bridgehead atoms. The fourth-order valence-electron chi connectivity index (χ4n) is 3.53. The molecule has 3 unspecified atom stereocenters. The molecule has 86 valence electrons. The molecule has 2 saturated carbocycles. The van der Waals surface area contributed by atoms with E-state index in [0.717, 1.165) is 25.2 Å². The van der Waals surface area contributed by atoms with Crippen LogP contribution in [0.1, 0.15) is 38.5 Å². The summed E-state index contributed by atoms with van der Waals surface area (Å²) >= 11 is 0. The van der Waals surface area contributed by atoms with Crippen molar-refractivity contribution in [3.63, 3.8) is 0 Å². The molecule has 1 N–H and O–H groups in total. The van der Waals surface area contributed by atoms with E-state index in [0.29, 0.717) is 6.04 Å². The molecule has 3 heteroatoms. The van der Waals surface area contributed by atoms with E-state index >= 15 is 0 Å². The number of carbonyl (C=O) groups excluding carboxylic acids is 1. The number of hydrogen-bond donors (Lipinski definition) is 1. The smallest absolute Gasteiger partial charge is 0.311 e. The minimum atomic E-state index is -0.163. The molecule has 0 aromatic carbocycles. The number of ether oxygens (including phenoxy) is 1. The quantitative estimate of drug-likeness (QED) is 0.707. The second-order valence-corrected chi connectivity index (χ2v) is 5.16. The van der Waals surface area contributed by atoms with Gasteiger partial charge in [0.05, 0.1) is 12.5 Å². The van der Waals surface area contributed by atoms with Crippen molar-refractivity contribution >= 4 is 5.97 Å². The highest BCUT2D eigenvalue weighted by atomic mass is 16.5. The SMILES string of the molecule is CNC1CC2CCCC(C(=O)OC)(C2)C1. The maximum Gasteiger partial charge on any atom is 0.311 e. The van der Waals surface area contributed by atoms with Gasteiger partial charge < -0.3 is 10.1 Å². The number of esters is 1. The summed E-state index contributed by atoms with van der Waals surface area (Å²) in [5, 5.41) is 3.33. The van der Waals surface area contributed by atoms with Crippen LogP contribution in [0.4, 0.5) is 0 Å². The van der Waals surface area contributed by atoms with Gasteiger partial charge in [0.25, 0.3) is 0 Å². The summed E-state index contributed by atoms with van der Waals surface area (Å²) in [5.74, 6) is 0.746. The predicted octanol–water partition coefficient (Wildman–Crippen LogP) is 1.72. The van der Waals surface area contributed by atoms with E-state index in [4.69, 9.17) is 4.74 Å². The summed E-state index contributed by atoms with van der Waals surface area (Å²) < 4.78 is 4.99. The minimum absolute atomic E-state index is 0.0205. The Balaban J connectivity index is 2.17. The minimum Gasteiger partial charge on any atom is -0.469 e. The fraction of sp³-hybridized carbons (Fsp3) is 0.917. The normalized spacial score (nSPS) is 39.9. The van der Waals surface area contributed by atoms with Crippen LogP contribution in [0.15, 0.2) is 0 Å². The Morgan fingerprint density at radius 3 is 2.93 bits per heavy atom. The molecule has 3 nitrogen and oxygen atoms in total. The molecule has 3 atom stereocenters. The topological polar surface area (TPSA) is 38.3 Å². The van der Waals surface area contributed by atoms with Gasteiger partial charge in [-0.15, -0.1) is 0 Å². The van der Waals surface area contributed by atoms with Gasteiger partial charge in [-0.25, -0.2) is 0 Å². The number of carbonyl (C=O) groups is 1. The van der Waals surface area contributed by atoms with E-state index in [9.17, 15) is 4.79 Å². The molecule has 2 fully saturated rings. The highest BCUT2D eigenvalue weighted by Gasteiger charge is 2.48. The van der Waals surface area contributed by atoms with Crippen molar-refractivity contribution in [2.24, 2.45) is 11.3 Å². The molecule has 2 rings (SSSR count). The first-order valence-electron chi connectivity index (χ1n) is 5.96. The van der Waals surface area contributed by atoms with E-state index < -0.39 is 0 Å². The Morgan fingerprint density at radius 2 is 2.27 bits per heavy atom. The lowest BCUT2D eigenvalue weighted by atomic mass is 9.60. The lowest BCUT2D eigenvalue weighted by molar-refractivity contribution is -0.159. The van der Waals surface area contributed by atoms with Crippen molar-refractivity contribution in [3.8, 4) is 0 Å². The zero-order valence-corrected chi connectivity index (χ0v) is 9.71. The molecule has 0 saturated heterocycles. The third-order valence-corrected chi connectivity index (χ3v) is 4.23. The molecule has 2 aliphatic rings. The van der Waals surface area contributed by atoms with Gasteiger partial charge in [-0.1, -0.05) is 12.8 Å². The average Bonchev–Trinajstić information content (AvgIpc) is 2.27. The van der Waals surface area contributed by atoms with Crippen molar-refractivity contribution < 1.29 is 9.53 Å². The monoisotopic (exact) mass is 211 g/mol. The first-order valence-corrected chi connectivity index (χ1v) is 5.96. The second-order valence-electron chi connectivity index (χ2n) is 5.16. The molecular formula is C12H21NO2. The van der Waals surface area contributed by atoms with Gasteiger partial charge in [0, 0.05) is 6.04 Å². The average molecular weight is 211 g/mol. The molecule has 15 heavy (non-hydrogen) atoms. The van der Waals surface area contributed by atoms with Crippen LogP contribution in [0.3, 0.4) is 0 Å². The van der Waals surface area contributed by atoms with E-state index in [1.807, 2.05) is 7.05 Å². The summed E-state index contributed by atoms with van der Waals surface area (Å²) in [6, 6.07) is 0.503. The van der Waals surface area contributed by atoms with Gasteiger partial charge in [0.15, 0.2) is 0 Å². The maximum absolute atomic E-state index is 11.9. The zero-order valence-electron chi connectivity index (χ0n) is 9.71. The van der Waals surface area contributed by atoms with Crippen LogP contribution in [0.5, 0.6) is 0 Å². The fourth-order valence-corrected chi connectivity index (χ4v) is 3.53. The van der Waals surface area contributed by atoms with Gasteiger partial charge in [0.1, 0.15) is 0 Å². The standard InChI is InChI=1S/C12H21NO2/c1-13-10-6-9-4-3-5-12(7-9,8-10)11(14)15-2/h9-10,13H,3-8H2,1-2H3. The molecule has 2 aliphatic carbocycles. The van der Waals surface area contributed by atoms with Crippen LogP contribution in [-0.2, 0) is 9.53 Å². The largest absolute Gasteiger partial charge is 0.469 e. The Hall–Kier alpha value is -0.570. The van der Waals surface area contributed by atoms with Gasteiger partial charge >= 0.3 is 5.97 Å². The summed E-state index contributed by atoms with van der Waals surface area (Å²) in [7, 11) is 3.51. The molecule has 0 spiro atoms. The van der Waals surface area contributed by atoms with Crippen molar-refractivity contribution in [1.29, 1.82) is 0 Å². The predicted molar refractivity (Wildman–Crippen MR) is 58.5 cm³/mol. The van der Waals surface area contributed by atoms with Gasteiger partial charge in [-0.2, -0.15) is 0 Å². The molecule has 0 heterocycles. The third-order valence-electron chi connectivity index (χ3n) is 4.23. The molecule has 0 radical (unpaired) electrons. The highest BCUT2D eigenvalue weighted by molar-refractivity contribution is 5.77. The second kappa shape index (κ2) is 4.12. The van der Waals surface area contributed by atoms with E-state index in [2.05, 4.69) is 5.32 Å². The van der Waals surface area contributed by atoms with Crippen LogP contribution < -0.4 is 5.32 Å². The first-order chi connectivity index (χ1) is 7.20. The summed E-state index contributed by atoms with van der Waals surface area (Å²) in [6.45, 7) is 0. The van der Waals surface area contributed by atoms with Gasteiger partial charge in [-0.05, 0) is 38.6 Å². The summed E-state index contributed by atoms with van der Waals surface area (Å²) in [6.07, 6.45) is 6.75. The van der Waals surface area contributed by atoms with E-state index in [1.165, 1.54) is 26.4 Å². The number of rotatable bonds is 2. The molecular weight excluding hydrogens is 190 g/mol. The highest BCUT2D eigenvalue weighted by Crippen LogP contribution is 2.49. The number of fused-ring (bicyclic) bond motifs is 2. The Kier molecular flexibility index (Phi) is 3.01. The molecule has 0 aliphatic heterocycles. The maximum atomic E-state index is 11.9. The Bertz CT molecular complexity index is 254. The van der Waals surface area contributed by atoms with Gasteiger partial charge in [-0.3, -0.25) is 4.79 Å². The Labute approximate surface area is 91.6 Å². The lowest BCUT2D eigenvalue weighted by Crippen LogP contribution is -2.48. The molecule has 0 aromatic rings. The van der Waals surface area contributed by atoms with Crippen molar-refractivity contribution in [2.75, 3.05) is 14.2 Å².